The highest BCUT2D eigenvalue weighted by atomic mass is 19.1. The molecule has 0 saturated heterocycles. The van der Waals surface area contributed by atoms with E-state index in [-0.39, 0.29) is 17.3 Å². The van der Waals surface area contributed by atoms with Crippen molar-refractivity contribution in [3.8, 4) is 0 Å². The minimum absolute atomic E-state index is 0.0920. The average molecular weight is 328 g/mol. The molecule has 1 saturated carbocycles. The van der Waals surface area contributed by atoms with E-state index in [9.17, 15) is 14.0 Å². The number of benzene rings is 1. The lowest BCUT2D eigenvalue weighted by Gasteiger charge is -2.27. The Labute approximate surface area is 138 Å². The van der Waals surface area contributed by atoms with Crippen molar-refractivity contribution < 1.29 is 14.0 Å². The molecular weight excluding hydrogens is 311 g/mol. The van der Waals surface area contributed by atoms with E-state index in [4.69, 9.17) is 0 Å². The molecule has 2 amide bonds. The van der Waals surface area contributed by atoms with Crippen molar-refractivity contribution >= 4 is 17.5 Å². The van der Waals surface area contributed by atoms with Gasteiger partial charge in [-0.1, -0.05) is 12.1 Å². The van der Waals surface area contributed by atoms with Gasteiger partial charge >= 0.3 is 0 Å². The van der Waals surface area contributed by atoms with Crippen LogP contribution in [0.4, 0.5) is 10.1 Å². The number of aromatic nitrogens is 2. The van der Waals surface area contributed by atoms with Gasteiger partial charge in [-0.3, -0.25) is 14.3 Å². The first kappa shape index (κ1) is 14.9. The number of nitrogens with zero attached hydrogens (tertiary/aromatic N) is 3. The second kappa shape index (κ2) is 5.74. The number of hydrogen-bond donors (Lipinski definition) is 1. The normalized spacial score (nSPS) is 16.9. The van der Waals surface area contributed by atoms with E-state index >= 15 is 0 Å². The second-order valence-corrected chi connectivity index (χ2v) is 6.27. The van der Waals surface area contributed by atoms with E-state index in [1.807, 2.05) is 4.90 Å². The van der Waals surface area contributed by atoms with Crippen molar-refractivity contribution in [1.29, 1.82) is 0 Å². The van der Waals surface area contributed by atoms with Crippen LogP contribution >= 0.6 is 0 Å². The predicted octanol–water partition coefficient (Wildman–Crippen LogP) is 2.14. The summed E-state index contributed by atoms with van der Waals surface area (Å²) in [5, 5.41) is 6.68. The van der Waals surface area contributed by atoms with E-state index in [1.54, 1.807) is 16.8 Å². The van der Waals surface area contributed by atoms with E-state index in [0.717, 1.165) is 6.54 Å². The number of carbonyl (C=O) groups excluding carboxylic acids is 2. The summed E-state index contributed by atoms with van der Waals surface area (Å²) in [4.78, 5) is 26.6. The summed E-state index contributed by atoms with van der Waals surface area (Å²) >= 11 is 0. The Hall–Kier alpha value is -2.70. The minimum Gasteiger partial charge on any atom is -0.335 e. The highest BCUT2D eigenvalue weighted by Crippen LogP contribution is 2.30. The summed E-state index contributed by atoms with van der Waals surface area (Å²) in [6, 6.07) is 7.42. The third-order valence-electron chi connectivity index (χ3n) is 4.40. The van der Waals surface area contributed by atoms with Crippen molar-refractivity contribution in [2.45, 2.75) is 19.4 Å². The van der Waals surface area contributed by atoms with Crippen LogP contribution in [0.2, 0.25) is 0 Å². The van der Waals surface area contributed by atoms with Crippen LogP contribution in [0.15, 0.2) is 30.3 Å². The molecule has 1 aliphatic heterocycles. The SMILES string of the molecule is O=C(Nc1ccccc1F)c1cc2n(n1)CCN(CC1CC1)C2=O. The highest BCUT2D eigenvalue weighted by molar-refractivity contribution is 6.04. The van der Waals surface area contributed by atoms with Gasteiger partial charge in [0.25, 0.3) is 11.8 Å². The van der Waals surface area contributed by atoms with Gasteiger partial charge < -0.3 is 10.2 Å². The molecule has 2 heterocycles. The quantitative estimate of drug-likeness (QED) is 0.935. The molecule has 0 spiro atoms. The monoisotopic (exact) mass is 328 g/mol. The first-order valence-corrected chi connectivity index (χ1v) is 8.05. The molecule has 1 aromatic heterocycles. The molecule has 0 atom stereocenters. The van der Waals surface area contributed by atoms with Gasteiger partial charge in [-0.05, 0) is 30.9 Å². The van der Waals surface area contributed by atoms with Crippen LogP contribution in [0.1, 0.15) is 33.8 Å². The molecule has 2 aromatic rings. The Morgan fingerprint density at radius 2 is 2.08 bits per heavy atom. The van der Waals surface area contributed by atoms with Crippen LogP contribution in [0.5, 0.6) is 0 Å². The van der Waals surface area contributed by atoms with Crippen LogP contribution in [0.3, 0.4) is 0 Å². The lowest BCUT2D eigenvalue weighted by atomic mass is 10.2. The van der Waals surface area contributed by atoms with Crippen molar-refractivity contribution in [3.63, 3.8) is 0 Å². The number of amides is 2. The Morgan fingerprint density at radius 3 is 2.83 bits per heavy atom. The van der Waals surface area contributed by atoms with Crippen LogP contribution in [0.25, 0.3) is 0 Å². The zero-order valence-electron chi connectivity index (χ0n) is 13.0. The highest BCUT2D eigenvalue weighted by Gasteiger charge is 2.32. The summed E-state index contributed by atoms with van der Waals surface area (Å²) in [6.45, 7) is 1.96. The smallest absolute Gasteiger partial charge is 0.276 e. The molecule has 6 nitrogen and oxygen atoms in total. The maximum absolute atomic E-state index is 13.6. The van der Waals surface area contributed by atoms with Crippen molar-refractivity contribution in [2.75, 3.05) is 18.4 Å². The Morgan fingerprint density at radius 1 is 1.29 bits per heavy atom. The van der Waals surface area contributed by atoms with Gasteiger partial charge in [0.05, 0.1) is 12.2 Å². The zero-order chi connectivity index (χ0) is 16.7. The van der Waals surface area contributed by atoms with E-state index in [1.165, 1.54) is 31.0 Å². The molecule has 1 aromatic carbocycles. The number of halogens is 1. The molecule has 4 rings (SSSR count). The molecule has 0 unspecified atom stereocenters. The molecule has 1 aliphatic carbocycles. The van der Waals surface area contributed by atoms with Crippen molar-refractivity contribution in [1.82, 2.24) is 14.7 Å². The van der Waals surface area contributed by atoms with E-state index in [2.05, 4.69) is 10.4 Å². The van der Waals surface area contributed by atoms with Gasteiger partial charge in [0, 0.05) is 19.2 Å². The van der Waals surface area contributed by atoms with Crippen LogP contribution in [-0.4, -0.2) is 39.6 Å². The second-order valence-electron chi connectivity index (χ2n) is 6.27. The Balaban J connectivity index is 1.52. The summed E-state index contributed by atoms with van der Waals surface area (Å²) in [5.74, 6) is -0.511. The maximum Gasteiger partial charge on any atom is 0.276 e. The van der Waals surface area contributed by atoms with Gasteiger partial charge in [-0.25, -0.2) is 4.39 Å². The number of rotatable bonds is 4. The molecule has 124 valence electrons. The van der Waals surface area contributed by atoms with Gasteiger partial charge in [0.2, 0.25) is 0 Å². The number of fused-ring (bicyclic) bond motifs is 1. The Bertz CT molecular complexity index is 813. The number of hydrogen-bond acceptors (Lipinski definition) is 3. The molecule has 7 heteroatoms. The summed E-state index contributed by atoms with van der Waals surface area (Å²) in [5.41, 5.74) is 0.630. The van der Waals surface area contributed by atoms with Crippen LogP contribution in [0, 0.1) is 11.7 Å². The lowest BCUT2D eigenvalue weighted by Crippen LogP contribution is -2.41. The fourth-order valence-electron chi connectivity index (χ4n) is 2.88. The fraction of sp³-hybridized carbons (Fsp3) is 0.353. The third kappa shape index (κ3) is 2.77. The summed E-state index contributed by atoms with van der Waals surface area (Å²) in [6.07, 6.45) is 2.36. The largest absolute Gasteiger partial charge is 0.335 e. The molecule has 24 heavy (non-hydrogen) atoms. The van der Waals surface area contributed by atoms with Gasteiger partial charge in [-0.2, -0.15) is 5.10 Å². The molecule has 1 N–H and O–H groups in total. The van der Waals surface area contributed by atoms with E-state index in [0.29, 0.717) is 24.7 Å². The predicted molar refractivity (Wildman–Crippen MR) is 85.2 cm³/mol. The van der Waals surface area contributed by atoms with Crippen molar-refractivity contribution in [2.24, 2.45) is 5.92 Å². The molecule has 1 fully saturated rings. The summed E-state index contributed by atoms with van der Waals surface area (Å²) < 4.78 is 15.2. The number of anilines is 1. The molecule has 0 bridgehead atoms. The number of nitrogens with one attached hydrogen (secondary N) is 1. The van der Waals surface area contributed by atoms with Gasteiger partial charge in [0.1, 0.15) is 11.5 Å². The number of carbonyl (C=O) groups is 2. The maximum atomic E-state index is 13.6. The molecular formula is C17H17FN4O2. The first-order valence-electron chi connectivity index (χ1n) is 8.05. The van der Waals surface area contributed by atoms with Crippen molar-refractivity contribution in [3.05, 3.63) is 47.5 Å². The molecule has 0 radical (unpaired) electrons. The first-order chi connectivity index (χ1) is 11.6. The summed E-state index contributed by atoms with van der Waals surface area (Å²) in [7, 11) is 0. The molecule has 2 aliphatic rings. The van der Waals surface area contributed by atoms with Crippen LogP contribution < -0.4 is 5.32 Å². The number of para-hydroxylation sites is 1. The van der Waals surface area contributed by atoms with Crippen LogP contribution in [-0.2, 0) is 6.54 Å². The zero-order valence-corrected chi connectivity index (χ0v) is 13.0. The topological polar surface area (TPSA) is 67.2 Å². The van der Waals surface area contributed by atoms with E-state index < -0.39 is 11.7 Å². The fourth-order valence-corrected chi connectivity index (χ4v) is 2.88. The average Bonchev–Trinajstić information content (AvgIpc) is 3.27. The lowest BCUT2D eigenvalue weighted by molar-refractivity contribution is 0.0688. The standard InChI is InChI=1S/C17H17FN4O2/c18-12-3-1-2-4-13(12)19-16(23)14-9-15-17(24)21(10-11-5-6-11)7-8-22(15)20-14/h1-4,9,11H,5-8,10H2,(H,19,23). The van der Waals surface area contributed by atoms with Gasteiger partial charge in [0.15, 0.2) is 5.69 Å². The third-order valence-corrected chi connectivity index (χ3v) is 4.40. The van der Waals surface area contributed by atoms with Gasteiger partial charge in [-0.15, -0.1) is 0 Å². The minimum atomic E-state index is -0.524. The Kier molecular flexibility index (Phi) is 3.55.